The summed E-state index contributed by atoms with van der Waals surface area (Å²) in [6.45, 7) is 4.59. The third-order valence-corrected chi connectivity index (χ3v) is 8.66. The maximum absolute atomic E-state index is 5.79. The Kier molecular flexibility index (Phi) is 9.55. The number of hydrogen-bond acceptors (Lipinski definition) is 2. The lowest BCUT2D eigenvalue weighted by molar-refractivity contribution is 0.490. The molecule has 0 saturated heterocycles. The highest BCUT2D eigenvalue weighted by atomic mass is 79.9. The second kappa shape index (κ2) is 12.9. The van der Waals surface area contributed by atoms with Crippen molar-refractivity contribution in [2.24, 2.45) is 0 Å². The Balaban J connectivity index is 0.000000181. The molecular formula is C36H36Br2N2. The molecule has 0 bridgehead atoms. The van der Waals surface area contributed by atoms with E-state index in [0.717, 1.165) is 35.6 Å². The number of nitrogens with zero attached hydrogens (tertiary/aromatic N) is 1. The highest BCUT2D eigenvalue weighted by Crippen LogP contribution is 2.53. The van der Waals surface area contributed by atoms with Crippen molar-refractivity contribution < 1.29 is 0 Å². The van der Waals surface area contributed by atoms with Gasteiger partial charge in [-0.25, -0.2) is 0 Å². The van der Waals surface area contributed by atoms with Crippen LogP contribution >= 0.6 is 31.9 Å². The SMILES string of the molecule is C.CCC1(CC)c2cc(Br)ccc2-c2ccc(Br)cc21.Nc1ccc(N(c2ccccc2)c2ccccc2)cc1. The Bertz CT molecular complexity index is 1450. The van der Waals surface area contributed by atoms with Crippen LogP contribution in [0.5, 0.6) is 0 Å². The van der Waals surface area contributed by atoms with E-state index in [2.05, 4.69) is 111 Å². The normalized spacial score (nSPS) is 12.3. The number of anilines is 4. The Hall–Kier alpha value is -3.34. The molecular weight excluding hydrogens is 620 g/mol. The number of nitrogens with two attached hydrogens (primary N) is 1. The van der Waals surface area contributed by atoms with Gasteiger partial charge in [0.2, 0.25) is 0 Å². The molecule has 2 nitrogen and oxygen atoms in total. The average Bonchev–Trinajstić information content (AvgIpc) is 3.24. The Morgan fingerprint density at radius 2 is 0.975 bits per heavy atom. The summed E-state index contributed by atoms with van der Waals surface area (Å²) in [5.41, 5.74) is 15.8. The van der Waals surface area contributed by atoms with Crippen molar-refractivity contribution >= 4 is 54.6 Å². The topological polar surface area (TPSA) is 29.3 Å². The summed E-state index contributed by atoms with van der Waals surface area (Å²) in [6, 6.07) is 41.9. The van der Waals surface area contributed by atoms with Gasteiger partial charge in [-0.15, -0.1) is 0 Å². The number of halogens is 2. The average molecular weight is 657 g/mol. The third-order valence-electron chi connectivity index (χ3n) is 7.67. The van der Waals surface area contributed by atoms with Gasteiger partial charge in [0.1, 0.15) is 0 Å². The van der Waals surface area contributed by atoms with Crippen LogP contribution in [-0.2, 0) is 5.41 Å². The molecule has 0 heterocycles. The summed E-state index contributed by atoms with van der Waals surface area (Å²) in [5, 5.41) is 0. The van der Waals surface area contributed by atoms with E-state index in [0.29, 0.717) is 0 Å². The molecule has 204 valence electrons. The minimum absolute atomic E-state index is 0. The second-order valence-electron chi connectivity index (χ2n) is 9.77. The van der Waals surface area contributed by atoms with Crippen molar-refractivity contribution in [2.75, 3.05) is 10.6 Å². The summed E-state index contributed by atoms with van der Waals surface area (Å²) in [7, 11) is 0. The minimum atomic E-state index is 0. The molecule has 0 unspecified atom stereocenters. The van der Waals surface area contributed by atoms with Crippen molar-refractivity contribution in [3.63, 3.8) is 0 Å². The molecule has 40 heavy (non-hydrogen) atoms. The number of hydrogen-bond donors (Lipinski definition) is 1. The lowest BCUT2D eigenvalue weighted by Crippen LogP contribution is -2.23. The van der Waals surface area contributed by atoms with Crippen LogP contribution in [0.1, 0.15) is 45.2 Å². The van der Waals surface area contributed by atoms with Gasteiger partial charge in [-0.1, -0.05) is 102 Å². The third kappa shape index (κ3) is 5.75. The summed E-state index contributed by atoms with van der Waals surface area (Å²) < 4.78 is 2.34. The van der Waals surface area contributed by atoms with Crippen LogP contribution in [0.2, 0.25) is 0 Å². The largest absolute Gasteiger partial charge is 0.399 e. The van der Waals surface area contributed by atoms with Crippen LogP contribution in [0.3, 0.4) is 0 Å². The molecule has 6 rings (SSSR count). The summed E-state index contributed by atoms with van der Waals surface area (Å²) in [4.78, 5) is 2.21. The van der Waals surface area contributed by atoms with Crippen molar-refractivity contribution in [2.45, 2.75) is 39.5 Å². The van der Waals surface area contributed by atoms with Crippen molar-refractivity contribution in [1.82, 2.24) is 0 Å². The van der Waals surface area contributed by atoms with Gasteiger partial charge in [0.15, 0.2) is 0 Å². The fourth-order valence-electron chi connectivity index (χ4n) is 5.68. The summed E-state index contributed by atoms with van der Waals surface area (Å²) in [6.07, 6.45) is 2.27. The highest BCUT2D eigenvalue weighted by molar-refractivity contribution is 9.10. The van der Waals surface area contributed by atoms with E-state index in [4.69, 9.17) is 5.73 Å². The molecule has 0 spiro atoms. The second-order valence-corrected chi connectivity index (χ2v) is 11.6. The van der Waals surface area contributed by atoms with Crippen molar-refractivity contribution in [3.05, 3.63) is 141 Å². The van der Waals surface area contributed by atoms with Gasteiger partial charge in [0, 0.05) is 37.1 Å². The number of benzene rings is 5. The molecule has 5 aromatic rings. The standard InChI is InChI=1S/C18H16N2.C17H16Br2.CH4/c19-15-11-13-18(14-12-15)20(16-7-3-1-4-8-16)17-9-5-2-6-10-17;1-3-17(4-2)15-9-11(18)5-7-13(15)14-8-6-12(19)10-16(14)17;/h1-14H,19H2;5-10H,3-4H2,1-2H3;1H4. The zero-order valence-electron chi connectivity index (χ0n) is 22.2. The maximum Gasteiger partial charge on any atom is 0.0463 e. The first-order valence-electron chi connectivity index (χ1n) is 13.3. The van der Waals surface area contributed by atoms with Crippen LogP contribution in [-0.4, -0.2) is 0 Å². The van der Waals surface area contributed by atoms with Crippen LogP contribution < -0.4 is 10.6 Å². The quantitative estimate of drug-likeness (QED) is 0.191. The fourth-order valence-corrected chi connectivity index (χ4v) is 6.40. The van der Waals surface area contributed by atoms with E-state index >= 15 is 0 Å². The smallest absolute Gasteiger partial charge is 0.0463 e. The zero-order valence-corrected chi connectivity index (χ0v) is 25.4. The zero-order chi connectivity index (χ0) is 27.4. The first-order chi connectivity index (χ1) is 19.0. The lowest BCUT2D eigenvalue weighted by atomic mass is 9.74. The van der Waals surface area contributed by atoms with E-state index < -0.39 is 0 Å². The number of rotatable bonds is 5. The molecule has 0 radical (unpaired) electrons. The van der Waals surface area contributed by atoms with Crippen molar-refractivity contribution in [3.8, 4) is 11.1 Å². The van der Waals surface area contributed by atoms with E-state index in [1.165, 1.54) is 31.2 Å². The first kappa shape index (κ1) is 29.6. The maximum atomic E-state index is 5.79. The monoisotopic (exact) mass is 654 g/mol. The predicted octanol–water partition coefficient (Wildman–Crippen LogP) is 11.7. The molecule has 5 aromatic carbocycles. The fraction of sp³-hybridized carbons (Fsp3) is 0.167. The highest BCUT2D eigenvalue weighted by Gasteiger charge is 2.40. The summed E-state index contributed by atoms with van der Waals surface area (Å²) in [5.74, 6) is 0. The molecule has 0 atom stereocenters. The van der Waals surface area contributed by atoms with Gasteiger partial charge in [-0.2, -0.15) is 0 Å². The Morgan fingerprint density at radius 1 is 0.575 bits per heavy atom. The van der Waals surface area contributed by atoms with Gasteiger partial charge in [0.05, 0.1) is 0 Å². The van der Waals surface area contributed by atoms with Crippen LogP contribution in [0.4, 0.5) is 22.7 Å². The molecule has 4 heteroatoms. The number of nitrogen functional groups attached to an aromatic ring is 1. The van der Waals surface area contributed by atoms with Crippen molar-refractivity contribution in [1.29, 1.82) is 0 Å². The van der Waals surface area contributed by atoms with E-state index in [-0.39, 0.29) is 12.8 Å². The molecule has 0 fully saturated rings. The first-order valence-corrected chi connectivity index (χ1v) is 14.9. The Labute approximate surface area is 256 Å². The van der Waals surface area contributed by atoms with Gasteiger partial charge in [0.25, 0.3) is 0 Å². The molecule has 2 N–H and O–H groups in total. The van der Waals surface area contributed by atoms with E-state index in [9.17, 15) is 0 Å². The molecule has 0 amide bonds. The molecule has 0 aromatic heterocycles. The van der Waals surface area contributed by atoms with Crippen LogP contribution in [0, 0.1) is 0 Å². The van der Waals surface area contributed by atoms with Crippen LogP contribution in [0.15, 0.2) is 130 Å². The minimum Gasteiger partial charge on any atom is -0.399 e. The molecule has 1 aliphatic carbocycles. The van der Waals surface area contributed by atoms with E-state index in [1.807, 2.05) is 60.7 Å². The van der Waals surface area contributed by atoms with Gasteiger partial charge >= 0.3 is 0 Å². The van der Waals surface area contributed by atoms with Gasteiger partial charge in [-0.05, 0) is 108 Å². The Morgan fingerprint density at radius 3 is 1.38 bits per heavy atom. The van der Waals surface area contributed by atoms with Crippen LogP contribution in [0.25, 0.3) is 11.1 Å². The lowest BCUT2D eigenvalue weighted by Gasteiger charge is -2.29. The molecule has 1 aliphatic rings. The summed E-state index contributed by atoms with van der Waals surface area (Å²) >= 11 is 7.25. The molecule has 0 aliphatic heterocycles. The number of fused-ring (bicyclic) bond motifs is 3. The number of para-hydroxylation sites is 2. The van der Waals surface area contributed by atoms with Gasteiger partial charge < -0.3 is 10.6 Å². The van der Waals surface area contributed by atoms with E-state index in [1.54, 1.807) is 0 Å². The molecule has 0 saturated carbocycles. The predicted molar refractivity (Wildman–Crippen MR) is 181 cm³/mol. The van der Waals surface area contributed by atoms with Gasteiger partial charge in [-0.3, -0.25) is 0 Å².